The van der Waals surface area contributed by atoms with Gasteiger partial charge in [-0.15, -0.1) is 0 Å². The highest BCUT2D eigenvalue weighted by Crippen LogP contribution is 2.22. The zero-order valence-electron chi connectivity index (χ0n) is 14.5. The maximum Gasteiger partial charge on any atom is 0.274 e. The summed E-state index contributed by atoms with van der Waals surface area (Å²) in [5.41, 5.74) is 0.301. The number of hydrogen-bond acceptors (Lipinski definition) is 6. The molecule has 2 aromatic heterocycles. The second kappa shape index (κ2) is 7.45. The molecule has 2 aliphatic rings. The number of anilines is 2. The van der Waals surface area contributed by atoms with E-state index in [1.54, 1.807) is 17.3 Å². The van der Waals surface area contributed by atoms with Crippen molar-refractivity contribution in [2.45, 2.75) is 12.8 Å². The van der Waals surface area contributed by atoms with E-state index < -0.39 is 0 Å². The van der Waals surface area contributed by atoms with Crippen LogP contribution >= 0.6 is 11.6 Å². The van der Waals surface area contributed by atoms with Crippen molar-refractivity contribution < 1.29 is 4.79 Å². The summed E-state index contributed by atoms with van der Waals surface area (Å²) in [6.07, 6.45) is 5.59. The summed E-state index contributed by atoms with van der Waals surface area (Å²) < 4.78 is 0. The third kappa shape index (κ3) is 3.44. The van der Waals surface area contributed by atoms with Gasteiger partial charge < -0.3 is 14.7 Å². The van der Waals surface area contributed by atoms with Crippen molar-refractivity contribution in [1.29, 1.82) is 0 Å². The van der Waals surface area contributed by atoms with Gasteiger partial charge in [-0.25, -0.2) is 15.0 Å². The molecule has 4 rings (SSSR count). The number of carbonyl (C=O) groups excluding carboxylic acids is 1. The molecule has 2 fully saturated rings. The number of halogens is 1. The number of rotatable bonds is 3. The van der Waals surface area contributed by atoms with Crippen LogP contribution in [-0.4, -0.2) is 65.0 Å². The molecular formula is C18H21ClN6O. The minimum Gasteiger partial charge on any atom is -0.353 e. The summed E-state index contributed by atoms with van der Waals surface area (Å²) in [4.78, 5) is 32.2. The molecule has 0 atom stereocenters. The van der Waals surface area contributed by atoms with Gasteiger partial charge in [0.2, 0.25) is 5.95 Å². The molecule has 0 N–H and O–H groups in total. The molecular weight excluding hydrogens is 352 g/mol. The van der Waals surface area contributed by atoms with Crippen LogP contribution in [0.1, 0.15) is 23.3 Å². The van der Waals surface area contributed by atoms with Gasteiger partial charge in [-0.2, -0.15) is 0 Å². The number of carbonyl (C=O) groups is 1. The van der Waals surface area contributed by atoms with Gasteiger partial charge in [-0.3, -0.25) is 4.79 Å². The van der Waals surface area contributed by atoms with Crippen LogP contribution < -0.4 is 9.80 Å². The third-order valence-electron chi connectivity index (χ3n) is 4.86. The summed E-state index contributed by atoms with van der Waals surface area (Å²) in [7, 11) is 0. The Morgan fingerprint density at radius 3 is 2.42 bits per heavy atom. The Labute approximate surface area is 157 Å². The van der Waals surface area contributed by atoms with Gasteiger partial charge in [-0.05, 0) is 25.0 Å². The highest BCUT2D eigenvalue weighted by molar-refractivity contribution is 6.33. The van der Waals surface area contributed by atoms with Crippen LogP contribution in [0.3, 0.4) is 0 Å². The van der Waals surface area contributed by atoms with Crippen molar-refractivity contribution >= 4 is 29.3 Å². The number of nitrogens with zero attached hydrogens (tertiary/aromatic N) is 6. The second-order valence-electron chi connectivity index (χ2n) is 6.53. The molecule has 0 unspecified atom stereocenters. The smallest absolute Gasteiger partial charge is 0.274 e. The molecule has 1 amide bonds. The Bertz CT molecular complexity index is 773. The molecule has 0 spiro atoms. The van der Waals surface area contributed by atoms with Crippen molar-refractivity contribution in [2.24, 2.45) is 0 Å². The van der Waals surface area contributed by atoms with Crippen molar-refractivity contribution in [3.63, 3.8) is 0 Å². The molecule has 8 heteroatoms. The molecule has 26 heavy (non-hydrogen) atoms. The molecule has 0 radical (unpaired) electrons. The molecule has 0 aromatic carbocycles. The van der Waals surface area contributed by atoms with Gasteiger partial charge in [0.25, 0.3) is 5.91 Å². The molecule has 4 heterocycles. The summed E-state index contributed by atoms with van der Waals surface area (Å²) in [5, 5.41) is 0.310. The van der Waals surface area contributed by atoms with E-state index in [9.17, 15) is 4.79 Å². The van der Waals surface area contributed by atoms with Gasteiger partial charge in [0, 0.05) is 45.5 Å². The molecule has 2 aromatic rings. The molecule has 2 saturated heterocycles. The molecule has 0 aliphatic carbocycles. The number of hydrogen-bond donors (Lipinski definition) is 0. The van der Waals surface area contributed by atoms with Crippen molar-refractivity contribution in [2.75, 3.05) is 49.1 Å². The third-order valence-corrected chi connectivity index (χ3v) is 5.14. The Balaban J connectivity index is 1.46. The highest BCUT2D eigenvalue weighted by Gasteiger charge is 2.26. The van der Waals surface area contributed by atoms with Gasteiger partial charge >= 0.3 is 0 Å². The lowest BCUT2D eigenvalue weighted by Crippen LogP contribution is -2.49. The summed E-state index contributed by atoms with van der Waals surface area (Å²) in [5.74, 6) is 1.41. The summed E-state index contributed by atoms with van der Waals surface area (Å²) >= 11 is 6.23. The first-order valence-electron chi connectivity index (χ1n) is 8.95. The van der Waals surface area contributed by atoms with E-state index in [0.29, 0.717) is 29.8 Å². The molecule has 0 bridgehead atoms. The molecule has 0 saturated carbocycles. The van der Waals surface area contributed by atoms with Crippen LogP contribution in [0.15, 0.2) is 30.6 Å². The zero-order chi connectivity index (χ0) is 17.9. The van der Waals surface area contributed by atoms with Crippen molar-refractivity contribution in [1.82, 2.24) is 19.9 Å². The first-order chi connectivity index (χ1) is 12.7. The lowest BCUT2D eigenvalue weighted by Gasteiger charge is -2.35. The maximum atomic E-state index is 12.9. The first-order valence-corrected chi connectivity index (χ1v) is 9.33. The lowest BCUT2D eigenvalue weighted by molar-refractivity contribution is 0.0740. The van der Waals surface area contributed by atoms with Crippen LogP contribution in [0, 0.1) is 0 Å². The predicted octanol–water partition coefficient (Wildman–Crippen LogP) is 2.09. The van der Waals surface area contributed by atoms with Crippen molar-refractivity contribution in [3.05, 3.63) is 41.3 Å². The first kappa shape index (κ1) is 17.0. The fraction of sp³-hybridized carbons (Fsp3) is 0.444. The topological polar surface area (TPSA) is 65.5 Å². The fourth-order valence-electron chi connectivity index (χ4n) is 3.41. The Morgan fingerprint density at radius 2 is 1.73 bits per heavy atom. The van der Waals surface area contributed by atoms with E-state index in [0.717, 1.165) is 44.8 Å². The van der Waals surface area contributed by atoms with E-state index >= 15 is 0 Å². The Hall–Kier alpha value is -2.41. The van der Waals surface area contributed by atoms with Gasteiger partial charge in [0.1, 0.15) is 5.82 Å². The molecule has 2 aliphatic heterocycles. The molecule has 136 valence electrons. The average Bonchev–Trinajstić information content (AvgIpc) is 3.23. The Kier molecular flexibility index (Phi) is 4.88. The van der Waals surface area contributed by atoms with Crippen LogP contribution in [0.4, 0.5) is 11.8 Å². The van der Waals surface area contributed by atoms with Crippen molar-refractivity contribution in [3.8, 4) is 0 Å². The summed E-state index contributed by atoms with van der Waals surface area (Å²) in [6, 6.07) is 5.86. The van der Waals surface area contributed by atoms with E-state index in [1.165, 1.54) is 0 Å². The van der Waals surface area contributed by atoms with E-state index in [2.05, 4.69) is 24.8 Å². The normalized spacial score (nSPS) is 17.7. The average molecular weight is 373 g/mol. The minimum atomic E-state index is -0.126. The summed E-state index contributed by atoms with van der Waals surface area (Å²) in [6.45, 7) is 4.58. The van der Waals surface area contributed by atoms with Crippen LogP contribution in [-0.2, 0) is 0 Å². The second-order valence-corrected chi connectivity index (χ2v) is 6.94. The van der Waals surface area contributed by atoms with Gasteiger partial charge in [0.05, 0.1) is 11.2 Å². The zero-order valence-corrected chi connectivity index (χ0v) is 15.3. The number of aromatic nitrogens is 3. The number of piperazine rings is 1. The predicted molar refractivity (Wildman–Crippen MR) is 101 cm³/mol. The van der Waals surface area contributed by atoms with Crippen LogP contribution in [0.5, 0.6) is 0 Å². The Morgan fingerprint density at radius 1 is 0.962 bits per heavy atom. The van der Waals surface area contributed by atoms with E-state index in [4.69, 9.17) is 11.6 Å². The van der Waals surface area contributed by atoms with Gasteiger partial charge in [-0.1, -0.05) is 17.7 Å². The number of pyridine rings is 1. The van der Waals surface area contributed by atoms with E-state index in [1.807, 2.05) is 18.2 Å². The quantitative estimate of drug-likeness (QED) is 0.822. The maximum absolute atomic E-state index is 12.9. The van der Waals surface area contributed by atoms with E-state index in [-0.39, 0.29) is 5.91 Å². The fourth-order valence-corrected chi connectivity index (χ4v) is 3.58. The highest BCUT2D eigenvalue weighted by atomic mass is 35.5. The standard InChI is InChI=1S/C18H21ClN6O/c19-14-13-21-18(25-7-3-4-8-25)22-16(14)17(26)24-11-9-23(10-12-24)15-5-1-2-6-20-15/h1-2,5-6,13H,3-4,7-12H2. The SMILES string of the molecule is O=C(c1nc(N2CCCC2)ncc1Cl)N1CCN(c2ccccn2)CC1. The van der Waals surface area contributed by atoms with Gasteiger partial charge in [0.15, 0.2) is 5.69 Å². The van der Waals surface area contributed by atoms with Crippen LogP contribution in [0.2, 0.25) is 5.02 Å². The molecule has 7 nitrogen and oxygen atoms in total. The lowest BCUT2D eigenvalue weighted by atomic mass is 10.2. The largest absolute Gasteiger partial charge is 0.353 e. The van der Waals surface area contributed by atoms with Crippen LogP contribution in [0.25, 0.3) is 0 Å². The number of amides is 1. The monoisotopic (exact) mass is 372 g/mol. The minimum absolute atomic E-state index is 0.126.